The lowest BCUT2D eigenvalue weighted by Crippen LogP contribution is -2.42. The summed E-state index contributed by atoms with van der Waals surface area (Å²) in [5, 5.41) is 3.13. The molecule has 0 amide bonds. The zero-order valence-corrected chi connectivity index (χ0v) is 8.80. The fraction of sp³-hybridized carbons (Fsp3) is 0.667. The van der Waals surface area contributed by atoms with Crippen LogP contribution >= 0.6 is 11.3 Å². The average Bonchev–Trinajstić information content (AvgIpc) is 2.86. The maximum absolute atomic E-state index is 5.54. The van der Waals surface area contributed by atoms with Crippen molar-refractivity contribution >= 4 is 11.3 Å². The third-order valence-corrected chi connectivity index (χ3v) is 3.43. The number of ether oxygens (including phenoxy) is 1. The molecule has 0 aliphatic carbocycles. The summed E-state index contributed by atoms with van der Waals surface area (Å²) in [6.45, 7) is 1.68. The van der Waals surface area contributed by atoms with Gasteiger partial charge in [-0.15, -0.1) is 11.3 Å². The van der Waals surface area contributed by atoms with Gasteiger partial charge in [-0.25, -0.2) is 4.98 Å². The molecule has 0 saturated carbocycles. The molecule has 2 rings (SSSR count). The van der Waals surface area contributed by atoms with E-state index in [1.165, 1.54) is 0 Å². The van der Waals surface area contributed by atoms with E-state index in [0.29, 0.717) is 12.0 Å². The van der Waals surface area contributed by atoms with Crippen LogP contribution in [0.3, 0.4) is 0 Å². The fourth-order valence-electron chi connectivity index (χ4n) is 1.77. The predicted molar refractivity (Wildman–Crippen MR) is 55.9 cm³/mol. The van der Waals surface area contributed by atoms with Crippen molar-refractivity contribution in [3.63, 3.8) is 0 Å². The zero-order chi connectivity index (χ0) is 9.80. The summed E-state index contributed by atoms with van der Waals surface area (Å²) < 4.78 is 5.35. The minimum absolute atomic E-state index is 0.295. The van der Waals surface area contributed by atoms with E-state index in [-0.39, 0.29) is 0 Å². The Kier molecular flexibility index (Phi) is 3.47. The molecule has 0 bridgehead atoms. The van der Waals surface area contributed by atoms with Crippen molar-refractivity contribution in [2.75, 3.05) is 13.2 Å². The summed E-state index contributed by atoms with van der Waals surface area (Å²) in [6.07, 6.45) is 3.83. The molecule has 1 aliphatic rings. The predicted octanol–water partition coefficient (Wildman–Crippen LogP) is 0.554. The lowest BCUT2D eigenvalue weighted by Gasteiger charge is -2.19. The Bertz CT molecular complexity index is 259. The number of hydrogen-bond acceptors (Lipinski definition) is 5. The molecule has 14 heavy (non-hydrogen) atoms. The van der Waals surface area contributed by atoms with E-state index in [2.05, 4.69) is 10.4 Å². The highest BCUT2D eigenvalue weighted by molar-refractivity contribution is 7.09. The highest BCUT2D eigenvalue weighted by Crippen LogP contribution is 2.20. The number of aromatic nitrogens is 1. The molecule has 0 aromatic carbocycles. The normalized spacial score (nSPS) is 23.9. The third kappa shape index (κ3) is 2.30. The number of hydrogen-bond donors (Lipinski definition) is 2. The van der Waals surface area contributed by atoms with Gasteiger partial charge >= 0.3 is 0 Å². The number of thiazole rings is 1. The maximum Gasteiger partial charge on any atom is 0.0940 e. The number of nitrogens with two attached hydrogens (primary N) is 1. The summed E-state index contributed by atoms with van der Waals surface area (Å²) in [5.41, 5.74) is 2.87. The Hall–Kier alpha value is -0.490. The molecule has 1 aromatic heterocycles. The highest BCUT2D eigenvalue weighted by Gasteiger charge is 2.25. The van der Waals surface area contributed by atoms with Gasteiger partial charge in [0.15, 0.2) is 0 Å². The van der Waals surface area contributed by atoms with Crippen molar-refractivity contribution in [2.45, 2.75) is 18.9 Å². The lowest BCUT2D eigenvalue weighted by molar-refractivity contribution is 0.176. The van der Waals surface area contributed by atoms with Gasteiger partial charge in [0.2, 0.25) is 0 Å². The quantitative estimate of drug-likeness (QED) is 0.566. The first-order valence-corrected chi connectivity index (χ1v) is 5.70. The molecule has 4 nitrogen and oxygen atoms in total. The van der Waals surface area contributed by atoms with Crippen molar-refractivity contribution < 1.29 is 4.74 Å². The van der Waals surface area contributed by atoms with Crippen LogP contribution in [0.15, 0.2) is 11.6 Å². The number of nitrogens with one attached hydrogen (secondary N) is 1. The van der Waals surface area contributed by atoms with Crippen LogP contribution in [-0.4, -0.2) is 24.2 Å². The van der Waals surface area contributed by atoms with E-state index in [9.17, 15) is 0 Å². The Morgan fingerprint density at radius 2 is 2.71 bits per heavy atom. The minimum Gasteiger partial charge on any atom is -0.381 e. The van der Waals surface area contributed by atoms with Gasteiger partial charge in [0, 0.05) is 36.6 Å². The van der Waals surface area contributed by atoms with Gasteiger partial charge < -0.3 is 4.74 Å². The standard InChI is InChI=1S/C9H15N3OS/c10-12-8(7-1-3-13-6-7)5-9-11-2-4-14-9/h2,4,7-8,12H,1,3,5-6,10H2. The summed E-state index contributed by atoms with van der Waals surface area (Å²) in [7, 11) is 0. The molecule has 2 atom stereocenters. The Labute approximate surface area is 87.4 Å². The number of hydrazine groups is 1. The Morgan fingerprint density at radius 1 is 1.79 bits per heavy atom. The van der Waals surface area contributed by atoms with Crippen LogP contribution < -0.4 is 11.3 Å². The molecule has 0 spiro atoms. The largest absolute Gasteiger partial charge is 0.381 e. The summed E-state index contributed by atoms with van der Waals surface area (Å²) in [6, 6.07) is 0.295. The summed E-state index contributed by atoms with van der Waals surface area (Å²) >= 11 is 1.68. The second kappa shape index (κ2) is 4.84. The Morgan fingerprint density at radius 3 is 3.29 bits per heavy atom. The smallest absolute Gasteiger partial charge is 0.0940 e. The van der Waals surface area contributed by atoms with Crippen LogP contribution in [0.1, 0.15) is 11.4 Å². The van der Waals surface area contributed by atoms with Crippen LogP contribution in [0.5, 0.6) is 0 Å². The van der Waals surface area contributed by atoms with E-state index in [0.717, 1.165) is 31.1 Å². The van der Waals surface area contributed by atoms with Crippen molar-refractivity contribution in [1.29, 1.82) is 0 Å². The molecule has 1 fully saturated rings. The van der Waals surface area contributed by atoms with Gasteiger partial charge in [-0.2, -0.15) is 0 Å². The van der Waals surface area contributed by atoms with E-state index in [1.54, 1.807) is 11.3 Å². The topological polar surface area (TPSA) is 60.2 Å². The van der Waals surface area contributed by atoms with E-state index >= 15 is 0 Å². The number of nitrogens with zero attached hydrogens (tertiary/aromatic N) is 1. The fourth-order valence-corrected chi connectivity index (χ4v) is 2.45. The molecular formula is C9H15N3OS. The molecule has 1 aliphatic heterocycles. The molecule has 78 valence electrons. The first-order valence-electron chi connectivity index (χ1n) is 4.82. The number of rotatable bonds is 4. The van der Waals surface area contributed by atoms with E-state index < -0.39 is 0 Å². The van der Waals surface area contributed by atoms with Crippen LogP contribution in [0.2, 0.25) is 0 Å². The third-order valence-electron chi connectivity index (χ3n) is 2.63. The summed E-state index contributed by atoms with van der Waals surface area (Å²) in [4.78, 5) is 4.26. The van der Waals surface area contributed by atoms with Crippen LogP contribution in [-0.2, 0) is 11.2 Å². The minimum atomic E-state index is 0.295. The van der Waals surface area contributed by atoms with Crippen LogP contribution in [0.25, 0.3) is 0 Å². The van der Waals surface area contributed by atoms with Crippen molar-refractivity contribution in [2.24, 2.45) is 11.8 Å². The molecule has 1 aromatic rings. The van der Waals surface area contributed by atoms with Crippen LogP contribution in [0, 0.1) is 5.92 Å². The van der Waals surface area contributed by atoms with Gasteiger partial charge in [-0.05, 0) is 6.42 Å². The maximum atomic E-state index is 5.54. The van der Waals surface area contributed by atoms with Gasteiger partial charge in [0.25, 0.3) is 0 Å². The molecule has 1 saturated heterocycles. The van der Waals surface area contributed by atoms with Gasteiger partial charge in [-0.1, -0.05) is 0 Å². The van der Waals surface area contributed by atoms with Crippen molar-refractivity contribution in [3.8, 4) is 0 Å². The zero-order valence-electron chi connectivity index (χ0n) is 7.98. The van der Waals surface area contributed by atoms with Crippen molar-refractivity contribution in [1.82, 2.24) is 10.4 Å². The lowest BCUT2D eigenvalue weighted by atomic mass is 9.97. The average molecular weight is 213 g/mol. The molecule has 0 radical (unpaired) electrons. The summed E-state index contributed by atoms with van der Waals surface area (Å²) in [5.74, 6) is 6.07. The second-order valence-electron chi connectivity index (χ2n) is 3.53. The SMILES string of the molecule is NNC(Cc1nccs1)C1CCOC1. The molecule has 5 heteroatoms. The highest BCUT2D eigenvalue weighted by atomic mass is 32.1. The Balaban J connectivity index is 1.92. The van der Waals surface area contributed by atoms with E-state index in [4.69, 9.17) is 10.6 Å². The molecule has 2 heterocycles. The molecular weight excluding hydrogens is 198 g/mol. The second-order valence-corrected chi connectivity index (χ2v) is 4.51. The van der Waals surface area contributed by atoms with Gasteiger partial charge in [-0.3, -0.25) is 11.3 Å². The molecule has 2 unspecified atom stereocenters. The van der Waals surface area contributed by atoms with E-state index in [1.807, 2.05) is 11.6 Å². The first kappa shape index (κ1) is 10.0. The van der Waals surface area contributed by atoms with Gasteiger partial charge in [0.1, 0.15) is 0 Å². The van der Waals surface area contributed by atoms with Crippen LogP contribution in [0.4, 0.5) is 0 Å². The van der Waals surface area contributed by atoms with Crippen molar-refractivity contribution in [3.05, 3.63) is 16.6 Å². The van der Waals surface area contributed by atoms with Gasteiger partial charge in [0.05, 0.1) is 11.6 Å². The first-order chi connectivity index (χ1) is 6.90. The monoisotopic (exact) mass is 213 g/mol. The molecule has 3 N–H and O–H groups in total.